The second kappa shape index (κ2) is 6.03. The molecule has 1 N–H and O–H groups in total. The molecule has 2 nitrogen and oxygen atoms in total. The van der Waals surface area contributed by atoms with Crippen LogP contribution in [0.2, 0.25) is 0 Å². The number of aryl methyl sites for hydroxylation is 1. The maximum Gasteiger partial charge on any atom is 0.134 e. The zero-order valence-corrected chi connectivity index (χ0v) is 12.7. The fourth-order valence-electron chi connectivity index (χ4n) is 1.89. The highest BCUT2D eigenvalue weighted by molar-refractivity contribution is 7.99. The Labute approximate surface area is 120 Å². The third-order valence-electron chi connectivity index (χ3n) is 2.70. The number of halogens is 1. The van der Waals surface area contributed by atoms with Gasteiger partial charge in [-0.25, -0.2) is 9.37 Å². The van der Waals surface area contributed by atoms with E-state index >= 15 is 0 Å². The second-order valence-corrected chi connectivity index (χ2v) is 6.53. The van der Waals surface area contributed by atoms with Crippen LogP contribution in [-0.4, -0.2) is 15.8 Å². The van der Waals surface area contributed by atoms with Gasteiger partial charge >= 0.3 is 0 Å². The fourth-order valence-corrected chi connectivity index (χ4v) is 3.84. The van der Waals surface area contributed by atoms with E-state index in [9.17, 15) is 9.50 Å². The molecule has 1 atom stereocenters. The minimum atomic E-state index is -0.569. The predicted molar refractivity (Wildman–Crippen MR) is 79.3 cm³/mol. The van der Waals surface area contributed by atoms with Crippen molar-refractivity contribution in [3.8, 4) is 10.6 Å². The molecule has 0 spiro atoms. The SMILES string of the molecule is CCSc1cccc(F)c1-c1nc(C)c(C(C)O)s1. The number of nitrogens with zero attached hydrogens (tertiary/aromatic N) is 1. The zero-order valence-electron chi connectivity index (χ0n) is 11.1. The van der Waals surface area contributed by atoms with Crippen molar-refractivity contribution in [2.45, 2.75) is 31.8 Å². The first-order chi connectivity index (χ1) is 9.04. The molecule has 0 saturated heterocycles. The Kier molecular flexibility index (Phi) is 4.60. The molecule has 0 aliphatic rings. The maximum atomic E-state index is 14.1. The summed E-state index contributed by atoms with van der Waals surface area (Å²) in [4.78, 5) is 6.10. The Hall–Kier alpha value is -0.910. The van der Waals surface area contributed by atoms with E-state index < -0.39 is 6.10 Å². The molecule has 0 bridgehead atoms. The van der Waals surface area contributed by atoms with Gasteiger partial charge in [-0.15, -0.1) is 23.1 Å². The number of aliphatic hydroxyl groups excluding tert-OH is 1. The molecule has 0 radical (unpaired) electrons. The van der Waals surface area contributed by atoms with Gasteiger partial charge in [0.15, 0.2) is 0 Å². The van der Waals surface area contributed by atoms with Gasteiger partial charge in [0.1, 0.15) is 10.8 Å². The molecule has 1 unspecified atom stereocenters. The monoisotopic (exact) mass is 297 g/mol. The molecule has 0 aliphatic carbocycles. The smallest absolute Gasteiger partial charge is 0.134 e. The highest BCUT2D eigenvalue weighted by Gasteiger charge is 2.18. The Balaban J connectivity index is 2.55. The highest BCUT2D eigenvalue weighted by atomic mass is 32.2. The van der Waals surface area contributed by atoms with Gasteiger partial charge in [0.2, 0.25) is 0 Å². The summed E-state index contributed by atoms with van der Waals surface area (Å²) in [5.74, 6) is 0.619. The number of aliphatic hydroxyl groups is 1. The molecule has 1 heterocycles. The van der Waals surface area contributed by atoms with Crippen LogP contribution in [0.25, 0.3) is 10.6 Å². The third kappa shape index (κ3) is 2.99. The van der Waals surface area contributed by atoms with Crippen molar-refractivity contribution in [3.63, 3.8) is 0 Å². The van der Waals surface area contributed by atoms with Crippen LogP contribution in [0.15, 0.2) is 23.1 Å². The predicted octanol–water partition coefficient (Wildman–Crippen LogP) is 4.42. The molecular formula is C14H16FNOS2. The van der Waals surface area contributed by atoms with E-state index in [1.807, 2.05) is 19.9 Å². The number of hydrogen-bond acceptors (Lipinski definition) is 4. The summed E-state index contributed by atoms with van der Waals surface area (Å²) in [5.41, 5.74) is 1.32. The lowest BCUT2D eigenvalue weighted by atomic mass is 10.2. The van der Waals surface area contributed by atoms with Crippen molar-refractivity contribution in [2.24, 2.45) is 0 Å². The summed E-state index contributed by atoms with van der Waals surface area (Å²) in [6, 6.07) is 5.08. The van der Waals surface area contributed by atoms with Gasteiger partial charge in [0.25, 0.3) is 0 Å². The number of aromatic nitrogens is 1. The topological polar surface area (TPSA) is 33.1 Å². The molecule has 5 heteroatoms. The summed E-state index contributed by atoms with van der Waals surface area (Å²) >= 11 is 2.96. The van der Waals surface area contributed by atoms with E-state index in [4.69, 9.17) is 0 Å². The van der Waals surface area contributed by atoms with Crippen molar-refractivity contribution in [1.29, 1.82) is 0 Å². The van der Waals surface area contributed by atoms with Gasteiger partial charge in [-0.05, 0) is 31.7 Å². The van der Waals surface area contributed by atoms with E-state index in [0.717, 1.165) is 21.2 Å². The van der Waals surface area contributed by atoms with Crippen LogP contribution < -0.4 is 0 Å². The van der Waals surface area contributed by atoms with E-state index in [1.165, 1.54) is 17.4 Å². The lowest BCUT2D eigenvalue weighted by molar-refractivity contribution is 0.202. The summed E-state index contributed by atoms with van der Waals surface area (Å²) in [6.07, 6.45) is -0.569. The van der Waals surface area contributed by atoms with Crippen molar-refractivity contribution in [1.82, 2.24) is 4.98 Å². The van der Waals surface area contributed by atoms with Crippen LogP contribution in [0, 0.1) is 12.7 Å². The number of thioether (sulfide) groups is 1. The van der Waals surface area contributed by atoms with Gasteiger partial charge < -0.3 is 5.11 Å². The first-order valence-electron chi connectivity index (χ1n) is 6.11. The van der Waals surface area contributed by atoms with Gasteiger partial charge in [0.05, 0.1) is 22.2 Å². The Morgan fingerprint density at radius 2 is 2.21 bits per heavy atom. The molecule has 0 amide bonds. The van der Waals surface area contributed by atoms with E-state index in [1.54, 1.807) is 24.8 Å². The highest BCUT2D eigenvalue weighted by Crippen LogP contribution is 2.38. The average Bonchev–Trinajstić information content (AvgIpc) is 2.71. The largest absolute Gasteiger partial charge is 0.388 e. The first kappa shape index (κ1) is 14.5. The quantitative estimate of drug-likeness (QED) is 0.848. The first-order valence-corrected chi connectivity index (χ1v) is 7.91. The van der Waals surface area contributed by atoms with E-state index in [2.05, 4.69) is 4.98 Å². The van der Waals surface area contributed by atoms with E-state index in [0.29, 0.717) is 10.6 Å². The molecule has 2 aromatic rings. The van der Waals surface area contributed by atoms with Crippen LogP contribution >= 0.6 is 23.1 Å². The lowest BCUT2D eigenvalue weighted by Gasteiger charge is -2.06. The van der Waals surface area contributed by atoms with Crippen molar-refractivity contribution in [2.75, 3.05) is 5.75 Å². The summed E-state index contributed by atoms with van der Waals surface area (Å²) in [5, 5.41) is 10.3. The Bertz CT molecular complexity index is 581. The van der Waals surface area contributed by atoms with Crippen LogP contribution in [0.5, 0.6) is 0 Å². The molecule has 0 fully saturated rings. The van der Waals surface area contributed by atoms with Gasteiger partial charge in [-0.2, -0.15) is 0 Å². The van der Waals surface area contributed by atoms with Gasteiger partial charge in [0, 0.05) is 4.90 Å². The van der Waals surface area contributed by atoms with Crippen molar-refractivity contribution in [3.05, 3.63) is 34.6 Å². The third-order valence-corrected chi connectivity index (χ3v) is 4.99. The minimum absolute atomic E-state index is 0.260. The molecule has 0 saturated carbocycles. The molecule has 2 rings (SSSR count). The van der Waals surface area contributed by atoms with Crippen molar-refractivity contribution < 1.29 is 9.50 Å². The number of benzene rings is 1. The molecule has 1 aromatic heterocycles. The van der Waals surface area contributed by atoms with Crippen LogP contribution in [0.1, 0.15) is 30.5 Å². The standard InChI is InChI=1S/C14H16FNOS2/c1-4-18-11-7-5-6-10(15)12(11)14-16-8(2)13(19-14)9(3)17/h5-7,9,17H,4H2,1-3H3. The average molecular weight is 297 g/mol. The van der Waals surface area contributed by atoms with Gasteiger partial charge in [-0.1, -0.05) is 13.0 Å². The van der Waals surface area contributed by atoms with Crippen LogP contribution in [0.4, 0.5) is 4.39 Å². The summed E-state index contributed by atoms with van der Waals surface area (Å²) < 4.78 is 14.1. The number of hydrogen-bond donors (Lipinski definition) is 1. The van der Waals surface area contributed by atoms with Gasteiger partial charge in [-0.3, -0.25) is 0 Å². The van der Waals surface area contributed by atoms with Crippen LogP contribution in [0.3, 0.4) is 0 Å². The molecule has 19 heavy (non-hydrogen) atoms. The fraction of sp³-hybridized carbons (Fsp3) is 0.357. The maximum absolute atomic E-state index is 14.1. The summed E-state index contributed by atoms with van der Waals surface area (Å²) in [7, 11) is 0. The van der Waals surface area contributed by atoms with Crippen molar-refractivity contribution >= 4 is 23.1 Å². The Morgan fingerprint density at radius 1 is 1.47 bits per heavy atom. The van der Waals surface area contributed by atoms with E-state index in [-0.39, 0.29) is 5.82 Å². The summed E-state index contributed by atoms with van der Waals surface area (Å²) in [6.45, 7) is 5.58. The minimum Gasteiger partial charge on any atom is -0.388 e. The normalized spacial score (nSPS) is 12.7. The molecule has 0 aliphatic heterocycles. The molecule has 1 aromatic carbocycles. The zero-order chi connectivity index (χ0) is 14.0. The van der Waals surface area contributed by atoms with Crippen LogP contribution in [-0.2, 0) is 0 Å². The number of rotatable bonds is 4. The molecule has 102 valence electrons. The second-order valence-electron chi connectivity index (χ2n) is 4.19. The number of thiazole rings is 1. The lowest BCUT2D eigenvalue weighted by Crippen LogP contribution is -1.89. The molecular weight excluding hydrogens is 281 g/mol. The Morgan fingerprint density at radius 3 is 2.79 bits per heavy atom.